The smallest absolute Gasteiger partial charge is 0.433 e. The molecule has 0 saturated carbocycles. The van der Waals surface area contributed by atoms with E-state index in [1.807, 2.05) is 0 Å². The SMILES string of the molecule is COc1cccc(NC(N)=NCCNc2nccc(C(F)(F)F)n2)c1.I. The normalized spacial score (nSPS) is 11.5. The summed E-state index contributed by atoms with van der Waals surface area (Å²) in [6.45, 7) is 0.449. The minimum atomic E-state index is -4.51. The van der Waals surface area contributed by atoms with E-state index in [2.05, 4.69) is 25.6 Å². The van der Waals surface area contributed by atoms with Crippen LogP contribution in [0.3, 0.4) is 0 Å². The van der Waals surface area contributed by atoms with Crippen LogP contribution in [-0.4, -0.2) is 36.1 Å². The van der Waals surface area contributed by atoms with Gasteiger partial charge in [-0.25, -0.2) is 9.97 Å². The molecule has 2 aromatic rings. The van der Waals surface area contributed by atoms with Crippen LogP contribution in [0.2, 0.25) is 0 Å². The van der Waals surface area contributed by atoms with Crippen LogP contribution in [0.15, 0.2) is 41.5 Å². The molecule has 4 N–H and O–H groups in total. The molecule has 1 heterocycles. The first kappa shape index (κ1) is 21.7. The molecule has 0 spiro atoms. The number of ether oxygens (including phenoxy) is 1. The van der Waals surface area contributed by atoms with Crippen LogP contribution < -0.4 is 21.1 Å². The van der Waals surface area contributed by atoms with Gasteiger partial charge in [-0.3, -0.25) is 4.99 Å². The third-order valence-corrected chi connectivity index (χ3v) is 2.97. The summed E-state index contributed by atoms with van der Waals surface area (Å²) in [5.41, 5.74) is 5.44. The lowest BCUT2D eigenvalue weighted by Gasteiger charge is -2.09. The highest BCUT2D eigenvalue weighted by molar-refractivity contribution is 14.0. The fourth-order valence-corrected chi connectivity index (χ4v) is 1.83. The Morgan fingerprint density at radius 3 is 2.77 bits per heavy atom. The highest BCUT2D eigenvalue weighted by atomic mass is 127. The van der Waals surface area contributed by atoms with Gasteiger partial charge in [0.1, 0.15) is 11.4 Å². The lowest BCUT2D eigenvalue weighted by atomic mass is 10.3. The number of hydrogen-bond acceptors (Lipinski definition) is 5. The summed E-state index contributed by atoms with van der Waals surface area (Å²) in [6, 6.07) is 7.93. The minimum Gasteiger partial charge on any atom is -0.497 e. The van der Waals surface area contributed by atoms with E-state index in [-0.39, 0.29) is 49.0 Å². The van der Waals surface area contributed by atoms with Crippen molar-refractivity contribution in [2.45, 2.75) is 6.18 Å². The van der Waals surface area contributed by atoms with Gasteiger partial charge in [0.15, 0.2) is 5.96 Å². The Balaban J connectivity index is 0.00000338. The number of hydrogen-bond donors (Lipinski definition) is 3. The Labute approximate surface area is 165 Å². The maximum atomic E-state index is 12.5. The van der Waals surface area contributed by atoms with Crippen molar-refractivity contribution in [3.63, 3.8) is 0 Å². The molecule has 26 heavy (non-hydrogen) atoms. The fraction of sp³-hybridized carbons (Fsp3) is 0.267. The summed E-state index contributed by atoms with van der Waals surface area (Å²) >= 11 is 0. The molecule has 0 aliphatic rings. The van der Waals surface area contributed by atoms with Crippen molar-refractivity contribution in [3.05, 3.63) is 42.2 Å². The van der Waals surface area contributed by atoms with Crippen LogP contribution in [0.5, 0.6) is 5.75 Å². The molecule has 0 atom stereocenters. The first-order valence-corrected chi connectivity index (χ1v) is 7.23. The van der Waals surface area contributed by atoms with Crippen molar-refractivity contribution in [1.82, 2.24) is 9.97 Å². The largest absolute Gasteiger partial charge is 0.497 e. The Hall–Kier alpha value is -2.31. The quantitative estimate of drug-likeness (QED) is 0.254. The molecule has 0 fully saturated rings. The third-order valence-electron chi connectivity index (χ3n) is 2.97. The number of guanidine groups is 1. The van der Waals surface area contributed by atoms with Gasteiger partial charge in [-0.1, -0.05) is 6.07 Å². The van der Waals surface area contributed by atoms with Crippen LogP contribution in [0.4, 0.5) is 24.8 Å². The van der Waals surface area contributed by atoms with Gasteiger partial charge in [0.25, 0.3) is 0 Å². The van der Waals surface area contributed by atoms with Gasteiger partial charge in [-0.15, -0.1) is 24.0 Å². The summed E-state index contributed by atoms with van der Waals surface area (Å²) in [7, 11) is 1.55. The second-order valence-electron chi connectivity index (χ2n) is 4.81. The average molecular weight is 482 g/mol. The highest BCUT2D eigenvalue weighted by Crippen LogP contribution is 2.27. The van der Waals surface area contributed by atoms with Gasteiger partial charge in [0.05, 0.1) is 13.7 Å². The van der Waals surface area contributed by atoms with Gasteiger partial charge in [0, 0.05) is 24.5 Å². The lowest BCUT2D eigenvalue weighted by molar-refractivity contribution is -0.141. The predicted octanol–water partition coefficient (Wildman–Crippen LogP) is 2.96. The Morgan fingerprint density at radius 1 is 1.31 bits per heavy atom. The summed E-state index contributed by atoms with van der Waals surface area (Å²) in [5.74, 6) is 0.713. The number of nitrogens with one attached hydrogen (secondary N) is 2. The number of anilines is 2. The molecular weight excluding hydrogens is 464 g/mol. The van der Waals surface area contributed by atoms with E-state index in [1.54, 1.807) is 31.4 Å². The van der Waals surface area contributed by atoms with Crippen LogP contribution >= 0.6 is 24.0 Å². The van der Waals surface area contributed by atoms with Crippen molar-refractivity contribution < 1.29 is 17.9 Å². The molecule has 142 valence electrons. The Kier molecular flexibility index (Phi) is 8.35. The van der Waals surface area contributed by atoms with E-state index in [1.165, 1.54) is 0 Å². The number of alkyl halides is 3. The zero-order valence-corrected chi connectivity index (χ0v) is 16.1. The third kappa shape index (κ3) is 6.90. The average Bonchev–Trinajstić information content (AvgIpc) is 2.58. The maximum absolute atomic E-state index is 12.5. The Bertz CT molecular complexity index is 741. The van der Waals surface area contributed by atoms with E-state index in [0.29, 0.717) is 11.4 Å². The van der Waals surface area contributed by atoms with Crippen LogP contribution in [0, 0.1) is 0 Å². The van der Waals surface area contributed by atoms with E-state index < -0.39 is 11.9 Å². The van der Waals surface area contributed by atoms with Crippen molar-refractivity contribution >= 4 is 41.6 Å². The van der Waals surface area contributed by atoms with Gasteiger partial charge < -0.3 is 21.1 Å². The number of rotatable bonds is 6. The van der Waals surface area contributed by atoms with Crippen LogP contribution in [-0.2, 0) is 6.18 Å². The monoisotopic (exact) mass is 482 g/mol. The molecule has 7 nitrogen and oxygen atoms in total. The molecule has 1 aromatic carbocycles. The number of aromatic nitrogens is 2. The molecule has 11 heteroatoms. The molecule has 0 radical (unpaired) electrons. The zero-order valence-electron chi connectivity index (χ0n) is 13.7. The molecule has 0 aliphatic heterocycles. The maximum Gasteiger partial charge on any atom is 0.433 e. The molecule has 0 unspecified atom stereocenters. The van der Waals surface area contributed by atoms with Gasteiger partial charge in [0.2, 0.25) is 5.95 Å². The first-order valence-electron chi connectivity index (χ1n) is 7.23. The minimum absolute atomic E-state index is 0. The molecule has 1 aromatic heterocycles. The van der Waals surface area contributed by atoms with Crippen molar-refractivity contribution in [2.24, 2.45) is 10.7 Å². The number of nitrogens with two attached hydrogens (primary N) is 1. The number of aliphatic imine (C=N–C) groups is 1. The van der Waals surface area contributed by atoms with Crippen molar-refractivity contribution in [3.8, 4) is 5.75 Å². The number of benzene rings is 1. The number of nitrogens with zero attached hydrogens (tertiary/aromatic N) is 3. The molecular formula is C15H18F3IN6O. The second-order valence-corrected chi connectivity index (χ2v) is 4.81. The number of methoxy groups -OCH3 is 1. The molecule has 0 amide bonds. The molecule has 2 rings (SSSR count). The topological polar surface area (TPSA) is 97.5 Å². The molecule has 0 saturated heterocycles. The lowest BCUT2D eigenvalue weighted by Crippen LogP contribution is -2.24. The Morgan fingerprint density at radius 2 is 2.08 bits per heavy atom. The van der Waals surface area contributed by atoms with Gasteiger partial charge >= 0.3 is 6.18 Å². The zero-order chi connectivity index (χ0) is 18.3. The summed E-state index contributed by atoms with van der Waals surface area (Å²) in [6.07, 6.45) is -3.47. The standard InChI is InChI=1S/C15H17F3N6O.HI/c1-25-11-4-2-3-10(9-11)23-13(19)20-7-8-22-14-21-6-5-12(24-14)15(16,17)18;/h2-6,9H,7-8H2,1H3,(H3,19,20,23)(H,21,22,24);1H. The van der Waals surface area contributed by atoms with E-state index in [9.17, 15) is 13.2 Å². The summed E-state index contributed by atoms with van der Waals surface area (Å²) in [4.78, 5) is 11.2. The summed E-state index contributed by atoms with van der Waals surface area (Å²) < 4.78 is 42.7. The van der Waals surface area contributed by atoms with E-state index in [0.717, 1.165) is 12.3 Å². The summed E-state index contributed by atoms with van der Waals surface area (Å²) in [5, 5.41) is 5.55. The van der Waals surface area contributed by atoms with Crippen molar-refractivity contribution in [1.29, 1.82) is 0 Å². The first-order chi connectivity index (χ1) is 11.9. The van der Waals surface area contributed by atoms with Crippen molar-refractivity contribution in [2.75, 3.05) is 30.8 Å². The molecule has 0 aliphatic carbocycles. The molecule has 0 bridgehead atoms. The fourth-order valence-electron chi connectivity index (χ4n) is 1.83. The van der Waals surface area contributed by atoms with Gasteiger partial charge in [-0.2, -0.15) is 13.2 Å². The van der Waals surface area contributed by atoms with Crippen LogP contribution in [0.25, 0.3) is 0 Å². The highest BCUT2D eigenvalue weighted by Gasteiger charge is 2.32. The van der Waals surface area contributed by atoms with Crippen LogP contribution in [0.1, 0.15) is 5.69 Å². The predicted molar refractivity (Wildman–Crippen MR) is 104 cm³/mol. The second kappa shape index (κ2) is 9.99. The number of halogens is 4. The van der Waals surface area contributed by atoms with E-state index >= 15 is 0 Å². The van der Waals surface area contributed by atoms with E-state index in [4.69, 9.17) is 10.5 Å². The van der Waals surface area contributed by atoms with Gasteiger partial charge in [-0.05, 0) is 18.2 Å².